The third kappa shape index (κ3) is 6.14. The van der Waals surface area contributed by atoms with Gasteiger partial charge >= 0.3 is 5.97 Å². The smallest absolute Gasteiger partial charge is 0.305 e. The fraction of sp³-hybridized carbons (Fsp3) is 0.800. The van der Waals surface area contributed by atoms with Gasteiger partial charge in [0.1, 0.15) is 6.04 Å². The number of carbonyl (C=O) groups excluding carboxylic acids is 2. The molecule has 0 aliphatic heterocycles. The molecule has 0 saturated heterocycles. The van der Waals surface area contributed by atoms with Crippen LogP contribution in [0, 0.1) is 5.41 Å². The van der Waals surface area contributed by atoms with Gasteiger partial charge in [-0.1, -0.05) is 34.6 Å². The van der Waals surface area contributed by atoms with E-state index >= 15 is 0 Å². The molecule has 0 radical (unpaired) electrons. The van der Waals surface area contributed by atoms with Crippen molar-refractivity contribution < 1.29 is 19.5 Å². The average molecular weight is 300 g/mol. The van der Waals surface area contributed by atoms with Crippen LogP contribution in [-0.4, -0.2) is 34.5 Å². The Morgan fingerprint density at radius 3 is 1.90 bits per heavy atom. The molecule has 122 valence electrons. The van der Waals surface area contributed by atoms with Crippen LogP contribution in [0.4, 0.5) is 0 Å². The minimum atomic E-state index is -0.953. The number of aliphatic carboxylic acids is 1. The molecule has 0 fully saturated rings. The Bertz CT molecular complexity index is 395. The molecule has 1 unspecified atom stereocenters. The van der Waals surface area contributed by atoms with E-state index in [-0.39, 0.29) is 18.2 Å². The van der Waals surface area contributed by atoms with Crippen LogP contribution in [0.1, 0.15) is 60.8 Å². The Kier molecular flexibility index (Phi) is 6.86. The summed E-state index contributed by atoms with van der Waals surface area (Å²) in [5.74, 6) is -1.54. The van der Waals surface area contributed by atoms with E-state index < -0.39 is 23.0 Å². The fourth-order valence-corrected chi connectivity index (χ4v) is 1.86. The van der Waals surface area contributed by atoms with Crippen molar-refractivity contribution >= 4 is 17.8 Å². The van der Waals surface area contributed by atoms with Crippen molar-refractivity contribution in [3.63, 3.8) is 0 Å². The zero-order valence-electron chi connectivity index (χ0n) is 13.9. The number of nitrogens with one attached hydrogen (secondary N) is 2. The number of carbonyl (C=O) groups is 3. The van der Waals surface area contributed by atoms with Gasteiger partial charge in [0.15, 0.2) is 0 Å². The maximum Gasteiger partial charge on any atom is 0.305 e. The van der Waals surface area contributed by atoms with E-state index in [4.69, 9.17) is 5.11 Å². The summed E-state index contributed by atoms with van der Waals surface area (Å²) in [6, 6.07) is -0.706. The molecule has 1 atom stereocenters. The molecule has 0 rings (SSSR count). The van der Waals surface area contributed by atoms with Gasteiger partial charge in [0.25, 0.3) is 0 Å². The largest absolute Gasteiger partial charge is 0.481 e. The zero-order valence-corrected chi connectivity index (χ0v) is 13.9. The monoisotopic (exact) mass is 300 g/mol. The minimum absolute atomic E-state index is 0.133. The van der Waals surface area contributed by atoms with Gasteiger partial charge in [-0.25, -0.2) is 0 Å². The highest BCUT2D eigenvalue weighted by atomic mass is 16.4. The number of carboxylic acid groups (broad SMARTS) is 1. The molecule has 21 heavy (non-hydrogen) atoms. The number of carboxylic acids is 1. The molecular weight excluding hydrogens is 272 g/mol. The molecule has 0 aromatic rings. The molecule has 0 saturated carbocycles. The van der Waals surface area contributed by atoms with Crippen LogP contribution in [0.3, 0.4) is 0 Å². The van der Waals surface area contributed by atoms with Gasteiger partial charge in [-0.15, -0.1) is 0 Å². The van der Waals surface area contributed by atoms with Gasteiger partial charge < -0.3 is 15.7 Å². The van der Waals surface area contributed by atoms with E-state index in [2.05, 4.69) is 10.6 Å². The van der Waals surface area contributed by atoms with Crippen LogP contribution in [-0.2, 0) is 14.4 Å². The van der Waals surface area contributed by atoms with E-state index in [1.807, 2.05) is 13.8 Å². The topological polar surface area (TPSA) is 95.5 Å². The Balaban J connectivity index is 4.84. The Morgan fingerprint density at radius 1 is 1.10 bits per heavy atom. The quantitative estimate of drug-likeness (QED) is 0.666. The lowest BCUT2D eigenvalue weighted by Gasteiger charge is -2.33. The second-order valence-corrected chi connectivity index (χ2v) is 6.49. The molecule has 0 aliphatic carbocycles. The molecule has 0 bridgehead atoms. The minimum Gasteiger partial charge on any atom is -0.481 e. The summed E-state index contributed by atoms with van der Waals surface area (Å²) in [4.78, 5) is 35.1. The first-order valence-corrected chi connectivity index (χ1v) is 7.32. The number of hydrogen-bond donors (Lipinski definition) is 3. The van der Waals surface area contributed by atoms with Gasteiger partial charge in [0.05, 0.1) is 12.0 Å². The van der Waals surface area contributed by atoms with E-state index in [0.29, 0.717) is 12.8 Å². The Hall–Kier alpha value is -1.59. The molecule has 6 nitrogen and oxygen atoms in total. The molecule has 0 aromatic heterocycles. The van der Waals surface area contributed by atoms with Gasteiger partial charge in [-0.05, 0) is 19.8 Å². The van der Waals surface area contributed by atoms with Crippen molar-refractivity contribution in [1.82, 2.24) is 10.6 Å². The molecule has 3 N–H and O–H groups in total. The summed E-state index contributed by atoms with van der Waals surface area (Å²) in [6.07, 6.45) is 0.897. The Morgan fingerprint density at radius 2 is 1.57 bits per heavy atom. The standard InChI is InChI=1S/C15H28N2O4/c1-7-15(8-2,9-11(18)19)17-12(20)10(3)16-13(21)14(4,5)6/h10H,7-9H2,1-6H3,(H,16,21)(H,17,20)(H,18,19). The van der Waals surface area contributed by atoms with Crippen LogP contribution in [0.2, 0.25) is 0 Å². The van der Waals surface area contributed by atoms with Crippen molar-refractivity contribution in [3.8, 4) is 0 Å². The normalized spacial score (nSPS) is 13.4. The summed E-state index contributed by atoms with van der Waals surface area (Å²) in [5.41, 5.74) is -1.36. The van der Waals surface area contributed by atoms with Crippen LogP contribution < -0.4 is 10.6 Å². The van der Waals surface area contributed by atoms with Crippen molar-refractivity contribution in [3.05, 3.63) is 0 Å². The average Bonchev–Trinajstić information content (AvgIpc) is 2.35. The van der Waals surface area contributed by atoms with E-state index in [1.165, 1.54) is 0 Å². The first-order chi connectivity index (χ1) is 9.47. The lowest BCUT2D eigenvalue weighted by Crippen LogP contribution is -2.56. The maximum absolute atomic E-state index is 12.2. The van der Waals surface area contributed by atoms with Crippen molar-refractivity contribution in [2.45, 2.75) is 72.4 Å². The van der Waals surface area contributed by atoms with E-state index in [0.717, 1.165) is 0 Å². The van der Waals surface area contributed by atoms with Crippen molar-refractivity contribution in [2.75, 3.05) is 0 Å². The summed E-state index contributed by atoms with van der Waals surface area (Å²) in [7, 11) is 0. The third-order valence-corrected chi connectivity index (χ3v) is 3.65. The van der Waals surface area contributed by atoms with Gasteiger partial charge in [0, 0.05) is 5.41 Å². The van der Waals surface area contributed by atoms with Crippen LogP contribution in [0.25, 0.3) is 0 Å². The second-order valence-electron chi connectivity index (χ2n) is 6.49. The summed E-state index contributed by atoms with van der Waals surface area (Å²) in [5, 5.41) is 14.4. The SMILES string of the molecule is CCC(CC)(CC(=O)O)NC(=O)C(C)NC(=O)C(C)(C)C. The van der Waals surface area contributed by atoms with Crippen LogP contribution in [0.5, 0.6) is 0 Å². The zero-order chi connectivity index (χ0) is 16.8. The first kappa shape index (κ1) is 19.4. The number of rotatable bonds is 7. The molecule has 0 heterocycles. The van der Waals surface area contributed by atoms with Gasteiger partial charge in [0.2, 0.25) is 11.8 Å². The van der Waals surface area contributed by atoms with E-state index in [1.54, 1.807) is 27.7 Å². The summed E-state index contributed by atoms with van der Waals surface area (Å²) < 4.78 is 0. The predicted octanol–water partition coefficient (Wildman–Crippen LogP) is 1.69. The van der Waals surface area contributed by atoms with E-state index in [9.17, 15) is 14.4 Å². The second kappa shape index (κ2) is 7.43. The maximum atomic E-state index is 12.2. The number of amides is 2. The van der Waals surface area contributed by atoms with Crippen molar-refractivity contribution in [2.24, 2.45) is 5.41 Å². The molecule has 6 heteroatoms. The highest BCUT2D eigenvalue weighted by Crippen LogP contribution is 2.20. The van der Waals surface area contributed by atoms with Crippen molar-refractivity contribution in [1.29, 1.82) is 0 Å². The highest BCUT2D eigenvalue weighted by molar-refractivity contribution is 5.89. The Labute approximate surface area is 126 Å². The molecular formula is C15H28N2O4. The predicted molar refractivity (Wildman–Crippen MR) is 80.8 cm³/mol. The molecule has 2 amide bonds. The first-order valence-electron chi connectivity index (χ1n) is 7.32. The van der Waals surface area contributed by atoms with Gasteiger partial charge in [-0.3, -0.25) is 14.4 Å². The van der Waals surface area contributed by atoms with Crippen LogP contribution >= 0.6 is 0 Å². The number of hydrogen-bond acceptors (Lipinski definition) is 3. The summed E-state index contributed by atoms with van der Waals surface area (Å²) >= 11 is 0. The fourth-order valence-electron chi connectivity index (χ4n) is 1.86. The lowest BCUT2D eigenvalue weighted by atomic mass is 9.88. The molecule has 0 spiro atoms. The third-order valence-electron chi connectivity index (χ3n) is 3.65. The van der Waals surface area contributed by atoms with Crippen LogP contribution in [0.15, 0.2) is 0 Å². The van der Waals surface area contributed by atoms with Gasteiger partial charge in [-0.2, -0.15) is 0 Å². The highest BCUT2D eigenvalue weighted by Gasteiger charge is 2.33. The summed E-state index contributed by atoms with van der Waals surface area (Å²) in [6.45, 7) is 10.6. The molecule has 0 aliphatic rings. The lowest BCUT2D eigenvalue weighted by molar-refractivity contribution is -0.140. The molecule has 0 aromatic carbocycles.